The van der Waals surface area contributed by atoms with Crippen LogP contribution in [0.4, 0.5) is 8.78 Å². The number of nitrogens with zero attached hydrogens (tertiary/aromatic N) is 1. The van der Waals surface area contributed by atoms with Gasteiger partial charge in [0.15, 0.2) is 0 Å². The second kappa shape index (κ2) is 6.41. The van der Waals surface area contributed by atoms with Gasteiger partial charge < -0.3 is 4.74 Å². The Morgan fingerprint density at radius 3 is 2.19 bits per heavy atom. The quantitative estimate of drug-likeness (QED) is 0.835. The standard InChI is InChI=1S/C17H23F2NO/c18-16(19)15-3-1-14(2-4-15)13-20-9-5-17(6-10-20)7-11-21-12-8-17/h1-4,16H,5-13H2. The summed E-state index contributed by atoms with van der Waals surface area (Å²) in [6.07, 6.45) is 2.51. The molecule has 0 aromatic heterocycles. The molecule has 1 spiro atoms. The molecule has 2 fully saturated rings. The fourth-order valence-corrected chi connectivity index (χ4v) is 3.52. The Balaban J connectivity index is 1.53. The van der Waals surface area contributed by atoms with Crippen molar-refractivity contribution in [2.75, 3.05) is 26.3 Å². The SMILES string of the molecule is FC(F)c1ccc(CN2CCC3(CCOCC3)CC2)cc1. The normalized spacial score (nSPS) is 22.8. The number of hydrogen-bond donors (Lipinski definition) is 0. The Kier molecular flexibility index (Phi) is 4.55. The molecule has 3 rings (SSSR count). The molecule has 2 saturated heterocycles. The third-order valence-electron chi connectivity index (χ3n) is 5.11. The number of piperidine rings is 1. The third kappa shape index (κ3) is 3.61. The van der Waals surface area contributed by atoms with Crippen molar-refractivity contribution in [2.24, 2.45) is 5.41 Å². The van der Waals surface area contributed by atoms with Gasteiger partial charge in [0.1, 0.15) is 0 Å². The van der Waals surface area contributed by atoms with Gasteiger partial charge in [-0.1, -0.05) is 24.3 Å². The van der Waals surface area contributed by atoms with Crippen molar-refractivity contribution in [1.29, 1.82) is 0 Å². The molecule has 0 atom stereocenters. The summed E-state index contributed by atoms with van der Waals surface area (Å²) in [5.74, 6) is 0. The Bertz CT molecular complexity index is 444. The highest BCUT2D eigenvalue weighted by Crippen LogP contribution is 2.40. The maximum absolute atomic E-state index is 12.5. The molecule has 0 amide bonds. The molecule has 0 bridgehead atoms. The number of likely N-dealkylation sites (tertiary alicyclic amines) is 1. The van der Waals surface area contributed by atoms with Crippen LogP contribution in [0.2, 0.25) is 0 Å². The van der Waals surface area contributed by atoms with E-state index in [2.05, 4.69) is 4.90 Å². The number of hydrogen-bond acceptors (Lipinski definition) is 2. The summed E-state index contributed by atoms with van der Waals surface area (Å²) in [5.41, 5.74) is 1.75. The van der Waals surface area contributed by atoms with E-state index in [0.29, 0.717) is 5.41 Å². The lowest BCUT2D eigenvalue weighted by atomic mass is 9.72. The molecule has 0 radical (unpaired) electrons. The molecule has 0 unspecified atom stereocenters. The number of benzene rings is 1. The molecule has 2 heterocycles. The van der Waals surface area contributed by atoms with Crippen LogP contribution in [0.5, 0.6) is 0 Å². The van der Waals surface area contributed by atoms with Gasteiger partial charge in [-0.15, -0.1) is 0 Å². The smallest absolute Gasteiger partial charge is 0.263 e. The van der Waals surface area contributed by atoms with E-state index in [-0.39, 0.29) is 5.56 Å². The van der Waals surface area contributed by atoms with E-state index >= 15 is 0 Å². The minimum atomic E-state index is -2.37. The molecule has 116 valence electrons. The van der Waals surface area contributed by atoms with E-state index in [4.69, 9.17) is 4.74 Å². The van der Waals surface area contributed by atoms with Crippen molar-refractivity contribution in [1.82, 2.24) is 4.90 Å². The fraction of sp³-hybridized carbons (Fsp3) is 0.647. The molecule has 0 aliphatic carbocycles. The predicted molar refractivity (Wildman–Crippen MR) is 78.4 cm³/mol. The van der Waals surface area contributed by atoms with Gasteiger partial charge in [0.05, 0.1) is 0 Å². The Morgan fingerprint density at radius 2 is 1.62 bits per heavy atom. The topological polar surface area (TPSA) is 12.5 Å². The van der Waals surface area contributed by atoms with Crippen LogP contribution in [-0.2, 0) is 11.3 Å². The Labute approximate surface area is 125 Å². The van der Waals surface area contributed by atoms with Gasteiger partial charge in [-0.25, -0.2) is 8.78 Å². The second-order valence-corrected chi connectivity index (χ2v) is 6.43. The first kappa shape index (κ1) is 14.9. The van der Waals surface area contributed by atoms with Crippen molar-refractivity contribution in [3.63, 3.8) is 0 Å². The van der Waals surface area contributed by atoms with E-state index in [0.717, 1.165) is 38.4 Å². The average Bonchev–Trinajstić information content (AvgIpc) is 2.51. The fourth-order valence-electron chi connectivity index (χ4n) is 3.52. The summed E-state index contributed by atoms with van der Waals surface area (Å²) in [4.78, 5) is 2.44. The van der Waals surface area contributed by atoms with Crippen LogP contribution < -0.4 is 0 Å². The highest BCUT2D eigenvalue weighted by atomic mass is 19.3. The second-order valence-electron chi connectivity index (χ2n) is 6.43. The molecule has 4 heteroatoms. The first-order chi connectivity index (χ1) is 10.2. The lowest BCUT2D eigenvalue weighted by Crippen LogP contribution is -2.42. The molecule has 0 N–H and O–H groups in total. The van der Waals surface area contributed by atoms with E-state index in [1.54, 1.807) is 12.1 Å². The van der Waals surface area contributed by atoms with E-state index in [1.165, 1.54) is 25.7 Å². The molecular weight excluding hydrogens is 272 g/mol. The molecular formula is C17H23F2NO. The predicted octanol–water partition coefficient (Wildman–Crippen LogP) is 4.02. The maximum Gasteiger partial charge on any atom is 0.263 e. The van der Waals surface area contributed by atoms with Gasteiger partial charge in [-0.3, -0.25) is 4.90 Å². The van der Waals surface area contributed by atoms with Crippen molar-refractivity contribution in [2.45, 2.75) is 38.7 Å². The van der Waals surface area contributed by atoms with Crippen molar-refractivity contribution < 1.29 is 13.5 Å². The first-order valence-corrected chi connectivity index (χ1v) is 7.84. The van der Waals surface area contributed by atoms with Crippen LogP contribution in [0.25, 0.3) is 0 Å². The largest absolute Gasteiger partial charge is 0.381 e. The average molecular weight is 295 g/mol. The minimum Gasteiger partial charge on any atom is -0.381 e. The summed E-state index contributed by atoms with van der Waals surface area (Å²) in [5, 5.41) is 0. The number of halogens is 2. The lowest BCUT2D eigenvalue weighted by molar-refractivity contribution is -0.0218. The Hall–Kier alpha value is -1.00. The maximum atomic E-state index is 12.5. The van der Waals surface area contributed by atoms with Crippen LogP contribution in [0.15, 0.2) is 24.3 Å². The third-order valence-corrected chi connectivity index (χ3v) is 5.11. The highest BCUT2D eigenvalue weighted by molar-refractivity contribution is 5.23. The van der Waals surface area contributed by atoms with Crippen LogP contribution in [0, 0.1) is 5.41 Å². The van der Waals surface area contributed by atoms with Crippen LogP contribution in [0.3, 0.4) is 0 Å². The van der Waals surface area contributed by atoms with Gasteiger partial charge in [0.2, 0.25) is 0 Å². The zero-order chi connectivity index (χ0) is 14.7. The summed E-state index contributed by atoms with van der Waals surface area (Å²) in [6, 6.07) is 6.76. The summed E-state index contributed by atoms with van der Waals surface area (Å²) < 4.78 is 30.6. The number of rotatable bonds is 3. The first-order valence-electron chi connectivity index (χ1n) is 7.84. The molecule has 21 heavy (non-hydrogen) atoms. The zero-order valence-electron chi connectivity index (χ0n) is 12.4. The van der Waals surface area contributed by atoms with Crippen molar-refractivity contribution >= 4 is 0 Å². The molecule has 0 saturated carbocycles. The van der Waals surface area contributed by atoms with Gasteiger partial charge in [0.25, 0.3) is 6.43 Å². The summed E-state index contributed by atoms with van der Waals surface area (Å²) in [6.45, 7) is 4.91. The van der Waals surface area contributed by atoms with Crippen LogP contribution >= 0.6 is 0 Å². The molecule has 2 aliphatic heterocycles. The monoisotopic (exact) mass is 295 g/mol. The summed E-state index contributed by atoms with van der Waals surface area (Å²) >= 11 is 0. The van der Waals surface area contributed by atoms with Gasteiger partial charge >= 0.3 is 0 Å². The molecule has 1 aromatic carbocycles. The molecule has 2 nitrogen and oxygen atoms in total. The highest BCUT2D eigenvalue weighted by Gasteiger charge is 2.35. The minimum absolute atomic E-state index is 0.110. The van der Waals surface area contributed by atoms with Crippen molar-refractivity contribution in [3.8, 4) is 0 Å². The van der Waals surface area contributed by atoms with E-state index < -0.39 is 6.43 Å². The van der Waals surface area contributed by atoms with Crippen LogP contribution in [0.1, 0.15) is 43.2 Å². The van der Waals surface area contributed by atoms with Gasteiger partial charge in [-0.05, 0) is 49.8 Å². The molecule has 1 aromatic rings. The van der Waals surface area contributed by atoms with E-state index in [9.17, 15) is 8.78 Å². The van der Waals surface area contributed by atoms with Crippen molar-refractivity contribution in [3.05, 3.63) is 35.4 Å². The van der Waals surface area contributed by atoms with Crippen LogP contribution in [-0.4, -0.2) is 31.2 Å². The Morgan fingerprint density at radius 1 is 1.00 bits per heavy atom. The summed E-state index contributed by atoms with van der Waals surface area (Å²) in [7, 11) is 0. The number of alkyl halides is 2. The number of ether oxygens (including phenoxy) is 1. The lowest BCUT2D eigenvalue weighted by Gasteiger charge is -2.44. The van der Waals surface area contributed by atoms with Gasteiger partial charge in [0, 0.05) is 25.3 Å². The zero-order valence-corrected chi connectivity index (χ0v) is 12.4. The van der Waals surface area contributed by atoms with E-state index in [1.807, 2.05) is 12.1 Å². The molecule has 2 aliphatic rings. The van der Waals surface area contributed by atoms with Gasteiger partial charge in [-0.2, -0.15) is 0 Å².